The molecular formula is C20H27N3O. The normalized spacial score (nSPS) is 16.8. The number of rotatable bonds is 4. The van der Waals surface area contributed by atoms with Crippen LogP contribution in [0, 0.1) is 13.8 Å². The van der Waals surface area contributed by atoms with Gasteiger partial charge in [-0.3, -0.25) is 0 Å². The first-order valence-electron chi connectivity index (χ1n) is 8.86. The zero-order valence-electron chi connectivity index (χ0n) is 14.9. The molecule has 1 unspecified atom stereocenters. The van der Waals surface area contributed by atoms with Gasteiger partial charge in [0.15, 0.2) is 0 Å². The minimum Gasteiger partial charge on any atom is -0.345 e. The number of aromatic nitrogens is 1. The molecule has 2 heterocycles. The van der Waals surface area contributed by atoms with E-state index in [1.165, 1.54) is 17.0 Å². The fraction of sp³-hybridized carbons (Fsp3) is 0.450. The lowest BCUT2D eigenvalue weighted by Crippen LogP contribution is -2.46. The van der Waals surface area contributed by atoms with Gasteiger partial charge in [-0.2, -0.15) is 0 Å². The van der Waals surface area contributed by atoms with Crippen LogP contribution >= 0.6 is 0 Å². The summed E-state index contributed by atoms with van der Waals surface area (Å²) in [4.78, 5) is 14.8. The molecule has 4 heteroatoms. The predicted octanol–water partition coefficient (Wildman–Crippen LogP) is 4.17. The minimum atomic E-state index is 0.0409. The van der Waals surface area contributed by atoms with Crippen LogP contribution < -0.4 is 5.32 Å². The lowest BCUT2D eigenvalue weighted by atomic mass is 10.0. The van der Waals surface area contributed by atoms with Crippen LogP contribution in [0.1, 0.15) is 48.3 Å². The van der Waals surface area contributed by atoms with E-state index < -0.39 is 0 Å². The Morgan fingerprint density at radius 3 is 2.58 bits per heavy atom. The van der Waals surface area contributed by atoms with Crippen LogP contribution in [0.15, 0.2) is 36.4 Å². The monoisotopic (exact) mass is 325 g/mol. The van der Waals surface area contributed by atoms with E-state index >= 15 is 0 Å². The molecule has 0 saturated carbocycles. The van der Waals surface area contributed by atoms with Crippen LogP contribution in [0.4, 0.5) is 4.79 Å². The highest BCUT2D eigenvalue weighted by Crippen LogP contribution is 2.31. The average Bonchev–Trinajstić information content (AvgIpc) is 2.96. The maximum absolute atomic E-state index is 12.7. The maximum atomic E-state index is 12.7. The third kappa shape index (κ3) is 3.32. The van der Waals surface area contributed by atoms with Crippen LogP contribution in [0.2, 0.25) is 0 Å². The topological polar surface area (TPSA) is 37.3 Å². The summed E-state index contributed by atoms with van der Waals surface area (Å²) in [6.45, 7) is 8.62. The number of nitrogens with one attached hydrogen (secondary N) is 1. The van der Waals surface area contributed by atoms with Crippen LogP contribution in [-0.2, 0) is 13.1 Å². The quantitative estimate of drug-likeness (QED) is 0.900. The fourth-order valence-electron chi connectivity index (χ4n) is 3.51. The van der Waals surface area contributed by atoms with Gasteiger partial charge in [-0.25, -0.2) is 4.79 Å². The molecule has 24 heavy (non-hydrogen) atoms. The molecule has 1 aliphatic heterocycles. The molecule has 4 nitrogen and oxygen atoms in total. The van der Waals surface area contributed by atoms with Crippen LogP contribution in [-0.4, -0.2) is 22.0 Å². The molecule has 3 rings (SSSR count). The van der Waals surface area contributed by atoms with E-state index in [1.807, 2.05) is 4.90 Å². The van der Waals surface area contributed by atoms with E-state index in [4.69, 9.17) is 0 Å². The van der Waals surface area contributed by atoms with Gasteiger partial charge in [-0.1, -0.05) is 43.2 Å². The van der Waals surface area contributed by atoms with Crippen molar-refractivity contribution in [3.05, 3.63) is 58.9 Å². The zero-order valence-corrected chi connectivity index (χ0v) is 14.9. The van der Waals surface area contributed by atoms with Crippen molar-refractivity contribution >= 4 is 6.03 Å². The standard InChI is InChI=1S/C20H27N3O/c1-4-5-18-19-11-8-16(3)22(19)12-13-23(18)20(24)21-14-17-9-6-15(2)7-10-17/h6-11,18H,4-5,12-14H2,1-3H3,(H,21,24). The summed E-state index contributed by atoms with van der Waals surface area (Å²) < 4.78 is 2.35. The van der Waals surface area contributed by atoms with Crippen molar-refractivity contribution in [1.29, 1.82) is 0 Å². The van der Waals surface area contributed by atoms with Gasteiger partial charge in [0.2, 0.25) is 0 Å². The average molecular weight is 325 g/mol. The first-order valence-corrected chi connectivity index (χ1v) is 8.86. The highest BCUT2D eigenvalue weighted by atomic mass is 16.2. The van der Waals surface area contributed by atoms with Gasteiger partial charge in [0.25, 0.3) is 0 Å². The molecule has 1 aliphatic rings. The van der Waals surface area contributed by atoms with Gasteiger partial charge in [-0.05, 0) is 38.0 Å². The summed E-state index contributed by atoms with van der Waals surface area (Å²) in [5, 5.41) is 3.09. The summed E-state index contributed by atoms with van der Waals surface area (Å²) in [6, 6.07) is 12.9. The maximum Gasteiger partial charge on any atom is 0.318 e. The van der Waals surface area contributed by atoms with Crippen molar-refractivity contribution in [3.8, 4) is 0 Å². The van der Waals surface area contributed by atoms with Crippen LogP contribution in [0.5, 0.6) is 0 Å². The van der Waals surface area contributed by atoms with Crippen LogP contribution in [0.25, 0.3) is 0 Å². The molecule has 0 bridgehead atoms. The third-order valence-electron chi connectivity index (χ3n) is 4.90. The van der Waals surface area contributed by atoms with Gasteiger partial charge in [0, 0.05) is 31.0 Å². The van der Waals surface area contributed by atoms with Crippen molar-refractivity contribution in [2.45, 2.75) is 52.7 Å². The Kier molecular flexibility index (Phi) is 4.93. The van der Waals surface area contributed by atoms with E-state index in [0.29, 0.717) is 6.54 Å². The number of urea groups is 1. The lowest BCUT2D eigenvalue weighted by molar-refractivity contribution is 0.150. The smallest absolute Gasteiger partial charge is 0.318 e. The van der Waals surface area contributed by atoms with Gasteiger partial charge in [0.05, 0.1) is 6.04 Å². The SMILES string of the molecule is CCCC1c2ccc(C)n2CCN1C(=O)NCc1ccc(C)cc1. The first-order chi connectivity index (χ1) is 11.6. The van der Waals surface area contributed by atoms with E-state index in [2.05, 4.69) is 67.1 Å². The second-order valence-electron chi connectivity index (χ2n) is 6.69. The fourth-order valence-corrected chi connectivity index (χ4v) is 3.51. The van der Waals surface area contributed by atoms with Gasteiger partial charge < -0.3 is 14.8 Å². The number of carbonyl (C=O) groups excluding carboxylic acids is 1. The van der Waals surface area contributed by atoms with Crippen molar-refractivity contribution < 1.29 is 4.79 Å². The number of hydrogen-bond acceptors (Lipinski definition) is 1. The number of nitrogens with zero attached hydrogens (tertiary/aromatic N) is 2. The number of carbonyl (C=O) groups is 1. The lowest BCUT2D eigenvalue weighted by Gasteiger charge is -2.37. The minimum absolute atomic E-state index is 0.0409. The Hall–Kier alpha value is -2.23. The molecule has 1 aromatic carbocycles. The van der Waals surface area contributed by atoms with Crippen molar-refractivity contribution in [1.82, 2.24) is 14.8 Å². The molecule has 1 aromatic heterocycles. The van der Waals surface area contributed by atoms with Gasteiger partial charge >= 0.3 is 6.03 Å². The van der Waals surface area contributed by atoms with Gasteiger partial charge in [-0.15, -0.1) is 0 Å². The second kappa shape index (κ2) is 7.12. The molecular weight excluding hydrogens is 298 g/mol. The molecule has 1 atom stereocenters. The Morgan fingerprint density at radius 1 is 1.12 bits per heavy atom. The van der Waals surface area contributed by atoms with Crippen molar-refractivity contribution in [2.75, 3.05) is 6.54 Å². The second-order valence-corrected chi connectivity index (χ2v) is 6.69. The Balaban J connectivity index is 1.70. The summed E-state index contributed by atoms with van der Waals surface area (Å²) in [6.07, 6.45) is 2.07. The Bertz CT molecular complexity index is 702. The largest absolute Gasteiger partial charge is 0.345 e. The van der Waals surface area contributed by atoms with E-state index in [9.17, 15) is 4.79 Å². The zero-order chi connectivity index (χ0) is 17.1. The molecule has 2 amide bonds. The van der Waals surface area contributed by atoms with Crippen molar-refractivity contribution in [3.63, 3.8) is 0 Å². The van der Waals surface area contributed by atoms with E-state index in [1.54, 1.807) is 0 Å². The summed E-state index contributed by atoms with van der Waals surface area (Å²) in [5.74, 6) is 0. The number of fused-ring (bicyclic) bond motifs is 1. The van der Waals surface area contributed by atoms with Gasteiger partial charge in [0.1, 0.15) is 0 Å². The molecule has 0 fully saturated rings. The molecule has 0 spiro atoms. The third-order valence-corrected chi connectivity index (χ3v) is 4.90. The Labute approximate surface area is 144 Å². The van der Waals surface area contributed by atoms with Crippen LogP contribution in [0.3, 0.4) is 0 Å². The molecule has 0 aliphatic carbocycles. The highest BCUT2D eigenvalue weighted by molar-refractivity contribution is 5.75. The number of hydrogen-bond donors (Lipinski definition) is 1. The predicted molar refractivity (Wildman–Crippen MR) is 96.9 cm³/mol. The molecule has 0 saturated heterocycles. The van der Waals surface area contributed by atoms with E-state index in [-0.39, 0.29) is 12.1 Å². The molecule has 2 aromatic rings. The molecule has 1 N–H and O–H groups in total. The van der Waals surface area contributed by atoms with E-state index in [0.717, 1.165) is 31.5 Å². The first kappa shape index (κ1) is 16.6. The molecule has 128 valence electrons. The summed E-state index contributed by atoms with van der Waals surface area (Å²) >= 11 is 0. The number of benzene rings is 1. The summed E-state index contributed by atoms with van der Waals surface area (Å²) in [7, 11) is 0. The summed E-state index contributed by atoms with van der Waals surface area (Å²) in [5.41, 5.74) is 4.93. The molecule has 0 radical (unpaired) electrons. The highest BCUT2D eigenvalue weighted by Gasteiger charge is 2.30. The Morgan fingerprint density at radius 2 is 1.88 bits per heavy atom. The van der Waals surface area contributed by atoms with Crippen molar-refractivity contribution in [2.24, 2.45) is 0 Å². The number of aryl methyl sites for hydroxylation is 2. The number of amides is 2.